The standard InChI is InChI=1S/C17H24N6O2/c1-13-11-18-23(12-13)10-7-16(24)19-14-5-8-22(9-6-14)15-3-4-17(25)21(2)20-15/h3-4,11-12,14H,5-10H2,1-2H3,(H,19,24). The monoisotopic (exact) mass is 344 g/mol. The predicted octanol–water partition coefficient (Wildman–Crippen LogP) is 0.461. The molecule has 2 aromatic heterocycles. The maximum Gasteiger partial charge on any atom is 0.266 e. The average molecular weight is 344 g/mol. The number of nitrogens with one attached hydrogen (secondary N) is 1. The lowest BCUT2D eigenvalue weighted by Gasteiger charge is -2.33. The Labute approximate surface area is 146 Å². The molecule has 1 aliphatic heterocycles. The normalized spacial score (nSPS) is 15.4. The second-order valence-electron chi connectivity index (χ2n) is 6.51. The van der Waals surface area contributed by atoms with Crippen LogP contribution in [0.15, 0.2) is 29.3 Å². The number of hydrogen-bond donors (Lipinski definition) is 1. The number of hydrogen-bond acceptors (Lipinski definition) is 5. The van der Waals surface area contributed by atoms with E-state index in [9.17, 15) is 9.59 Å². The molecule has 1 N–H and O–H groups in total. The van der Waals surface area contributed by atoms with Crippen LogP contribution in [0.3, 0.4) is 0 Å². The summed E-state index contributed by atoms with van der Waals surface area (Å²) < 4.78 is 3.14. The van der Waals surface area contributed by atoms with Crippen LogP contribution in [-0.2, 0) is 18.4 Å². The van der Waals surface area contributed by atoms with Crippen LogP contribution in [0.4, 0.5) is 5.82 Å². The van der Waals surface area contributed by atoms with Crippen LogP contribution >= 0.6 is 0 Å². The minimum absolute atomic E-state index is 0.0619. The van der Waals surface area contributed by atoms with Gasteiger partial charge in [-0.2, -0.15) is 10.2 Å². The molecule has 0 aromatic carbocycles. The van der Waals surface area contributed by atoms with Crippen LogP contribution in [0.5, 0.6) is 0 Å². The van der Waals surface area contributed by atoms with Gasteiger partial charge in [0.25, 0.3) is 5.56 Å². The van der Waals surface area contributed by atoms with Crippen LogP contribution in [0.1, 0.15) is 24.8 Å². The smallest absolute Gasteiger partial charge is 0.266 e. The molecule has 0 atom stereocenters. The van der Waals surface area contributed by atoms with Gasteiger partial charge in [-0.15, -0.1) is 0 Å². The van der Waals surface area contributed by atoms with Crippen molar-refractivity contribution in [2.24, 2.45) is 7.05 Å². The van der Waals surface area contributed by atoms with Gasteiger partial charge in [-0.25, -0.2) is 4.68 Å². The van der Waals surface area contributed by atoms with Crippen molar-refractivity contribution in [3.63, 3.8) is 0 Å². The van der Waals surface area contributed by atoms with Crippen LogP contribution in [0.2, 0.25) is 0 Å². The minimum Gasteiger partial charge on any atom is -0.355 e. The number of aromatic nitrogens is 4. The minimum atomic E-state index is -0.113. The first kappa shape index (κ1) is 17.2. The Bertz CT molecular complexity index is 788. The molecule has 0 aliphatic carbocycles. The molecule has 1 aliphatic rings. The molecule has 3 rings (SSSR count). The summed E-state index contributed by atoms with van der Waals surface area (Å²) in [6, 6.07) is 3.48. The van der Waals surface area contributed by atoms with Gasteiger partial charge in [0.1, 0.15) is 5.82 Å². The van der Waals surface area contributed by atoms with Gasteiger partial charge in [-0.05, 0) is 31.4 Å². The highest BCUT2D eigenvalue weighted by atomic mass is 16.1. The zero-order valence-electron chi connectivity index (χ0n) is 14.7. The number of rotatable bonds is 5. The van der Waals surface area contributed by atoms with Gasteiger partial charge in [-0.3, -0.25) is 14.3 Å². The Kier molecular flexibility index (Phi) is 5.16. The molecular formula is C17H24N6O2. The lowest BCUT2D eigenvalue weighted by molar-refractivity contribution is -0.122. The van der Waals surface area contributed by atoms with Gasteiger partial charge in [0.2, 0.25) is 5.91 Å². The third-order valence-corrected chi connectivity index (χ3v) is 4.46. The first-order valence-corrected chi connectivity index (χ1v) is 8.59. The summed E-state index contributed by atoms with van der Waals surface area (Å²) in [4.78, 5) is 25.7. The van der Waals surface area contributed by atoms with Crippen molar-refractivity contribution >= 4 is 11.7 Å². The Balaban J connectivity index is 1.44. The maximum atomic E-state index is 12.1. The van der Waals surface area contributed by atoms with E-state index in [0.29, 0.717) is 13.0 Å². The molecule has 3 heterocycles. The number of carbonyl (C=O) groups excluding carboxylic acids is 1. The summed E-state index contributed by atoms with van der Waals surface area (Å²) in [6.07, 6.45) is 5.91. The number of anilines is 1. The molecule has 25 heavy (non-hydrogen) atoms. The number of nitrogens with zero attached hydrogens (tertiary/aromatic N) is 5. The van der Waals surface area contributed by atoms with Crippen molar-refractivity contribution < 1.29 is 4.79 Å². The largest absolute Gasteiger partial charge is 0.355 e. The average Bonchev–Trinajstić information content (AvgIpc) is 3.02. The molecule has 0 saturated carbocycles. The van der Waals surface area contributed by atoms with E-state index in [1.807, 2.05) is 13.1 Å². The third kappa shape index (κ3) is 4.46. The predicted molar refractivity (Wildman–Crippen MR) is 94.4 cm³/mol. The summed E-state index contributed by atoms with van der Waals surface area (Å²) in [6.45, 7) is 4.21. The fourth-order valence-corrected chi connectivity index (χ4v) is 3.02. The van der Waals surface area contributed by atoms with Crippen molar-refractivity contribution in [2.45, 2.75) is 38.8 Å². The summed E-state index contributed by atoms with van der Waals surface area (Å²) in [5, 5.41) is 11.6. The molecule has 8 nitrogen and oxygen atoms in total. The molecule has 0 radical (unpaired) electrons. The van der Waals surface area contributed by atoms with Gasteiger partial charge >= 0.3 is 0 Å². The Morgan fingerprint density at radius 2 is 2.08 bits per heavy atom. The van der Waals surface area contributed by atoms with Crippen molar-refractivity contribution in [2.75, 3.05) is 18.0 Å². The highest BCUT2D eigenvalue weighted by Crippen LogP contribution is 2.16. The highest BCUT2D eigenvalue weighted by molar-refractivity contribution is 5.76. The van der Waals surface area contributed by atoms with E-state index in [2.05, 4.69) is 20.4 Å². The molecule has 1 fully saturated rings. The molecule has 2 aromatic rings. The van der Waals surface area contributed by atoms with Crippen molar-refractivity contribution in [1.82, 2.24) is 24.9 Å². The molecule has 1 amide bonds. The third-order valence-electron chi connectivity index (χ3n) is 4.46. The summed E-state index contributed by atoms with van der Waals surface area (Å²) >= 11 is 0. The summed E-state index contributed by atoms with van der Waals surface area (Å²) in [5.74, 6) is 0.868. The quantitative estimate of drug-likeness (QED) is 0.852. The van der Waals surface area contributed by atoms with Crippen LogP contribution in [0.25, 0.3) is 0 Å². The van der Waals surface area contributed by atoms with Crippen LogP contribution in [-0.4, -0.2) is 44.6 Å². The Hall–Kier alpha value is -2.64. The van der Waals surface area contributed by atoms with E-state index in [0.717, 1.165) is 37.3 Å². The number of carbonyl (C=O) groups is 1. The molecule has 0 unspecified atom stereocenters. The number of piperidine rings is 1. The van der Waals surface area contributed by atoms with Gasteiger partial charge < -0.3 is 10.2 Å². The Morgan fingerprint density at radius 1 is 1.32 bits per heavy atom. The van der Waals surface area contributed by atoms with Crippen molar-refractivity contribution in [1.29, 1.82) is 0 Å². The van der Waals surface area contributed by atoms with Crippen molar-refractivity contribution in [3.8, 4) is 0 Å². The van der Waals surface area contributed by atoms with Gasteiger partial charge in [0.15, 0.2) is 0 Å². The Morgan fingerprint density at radius 3 is 2.72 bits per heavy atom. The summed E-state index contributed by atoms with van der Waals surface area (Å²) in [7, 11) is 1.65. The first-order valence-electron chi connectivity index (χ1n) is 8.59. The maximum absolute atomic E-state index is 12.1. The lowest BCUT2D eigenvalue weighted by Crippen LogP contribution is -2.45. The molecule has 8 heteroatoms. The van der Waals surface area contributed by atoms with Gasteiger partial charge in [-0.1, -0.05) is 0 Å². The zero-order chi connectivity index (χ0) is 17.8. The number of amides is 1. The topological polar surface area (TPSA) is 85.0 Å². The molecule has 1 saturated heterocycles. The van der Waals surface area contributed by atoms with E-state index in [4.69, 9.17) is 0 Å². The zero-order valence-corrected chi connectivity index (χ0v) is 14.7. The van der Waals surface area contributed by atoms with Gasteiger partial charge in [0, 0.05) is 51.4 Å². The molecule has 0 bridgehead atoms. The molecule has 134 valence electrons. The second kappa shape index (κ2) is 7.50. The second-order valence-corrected chi connectivity index (χ2v) is 6.51. The van der Waals surface area contributed by atoms with Crippen molar-refractivity contribution in [3.05, 3.63) is 40.4 Å². The van der Waals surface area contributed by atoms with E-state index < -0.39 is 0 Å². The fraction of sp³-hybridized carbons (Fsp3) is 0.529. The van der Waals surface area contributed by atoms with E-state index in [-0.39, 0.29) is 17.5 Å². The van der Waals surface area contributed by atoms with Crippen LogP contribution in [0, 0.1) is 6.92 Å². The van der Waals surface area contributed by atoms with E-state index in [1.54, 1.807) is 24.0 Å². The van der Waals surface area contributed by atoms with E-state index >= 15 is 0 Å². The molecule has 0 spiro atoms. The van der Waals surface area contributed by atoms with E-state index in [1.165, 1.54) is 10.7 Å². The highest BCUT2D eigenvalue weighted by Gasteiger charge is 2.21. The molecular weight excluding hydrogens is 320 g/mol. The van der Waals surface area contributed by atoms with Crippen LogP contribution < -0.4 is 15.8 Å². The SMILES string of the molecule is Cc1cnn(CCC(=O)NC2CCN(c3ccc(=O)n(C)n3)CC2)c1. The van der Waals surface area contributed by atoms with Gasteiger partial charge in [0.05, 0.1) is 6.20 Å². The first-order chi connectivity index (χ1) is 12.0. The number of aryl methyl sites for hydroxylation is 3. The lowest BCUT2D eigenvalue weighted by atomic mass is 10.0. The summed E-state index contributed by atoms with van der Waals surface area (Å²) in [5.41, 5.74) is 0.984. The fourth-order valence-electron chi connectivity index (χ4n) is 3.02.